The van der Waals surface area contributed by atoms with Gasteiger partial charge in [-0.3, -0.25) is 9.59 Å². The number of hydrogen-bond donors (Lipinski definition) is 1. The Morgan fingerprint density at radius 1 is 1.30 bits per heavy atom. The second-order valence-corrected chi connectivity index (χ2v) is 5.55. The minimum Gasteiger partial charge on any atom is -0.481 e. The highest BCUT2D eigenvalue weighted by atomic mass is 35.5. The lowest BCUT2D eigenvalue weighted by Gasteiger charge is -2.23. The molecule has 5 nitrogen and oxygen atoms in total. The summed E-state index contributed by atoms with van der Waals surface area (Å²) in [5.41, 5.74) is 0.656. The van der Waals surface area contributed by atoms with Gasteiger partial charge >= 0.3 is 5.97 Å². The molecule has 0 aromatic heterocycles. The number of carbonyl (C=O) groups excluding carboxylic acids is 1. The van der Waals surface area contributed by atoms with Crippen molar-refractivity contribution in [3.05, 3.63) is 34.6 Å². The third-order valence-electron chi connectivity index (χ3n) is 3.33. The molecule has 1 N–H and O–H groups in total. The summed E-state index contributed by atoms with van der Waals surface area (Å²) in [5.74, 6) is -1.40. The van der Waals surface area contributed by atoms with Gasteiger partial charge in [0.2, 0.25) is 5.91 Å². The van der Waals surface area contributed by atoms with Gasteiger partial charge in [0.05, 0.1) is 6.61 Å². The molecule has 0 bridgehead atoms. The molecule has 0 aliphatic carbocycles. The lowest BCUT2D eigenvalue weighted by atomic mass is 10.1. The summed E-state index contributed by atoms with van der Waals surface area (Å²) in [7, 11) is 1.54. The largest absolute Gasteiger partial charge is 0.481 e. The maximum absolute atomic E-state index is 13.1. The number of rotatable bonds is 10. The molecule has 0 saturated carbocycles. The van der Waals surface area contributed by atoms with Gasteiger partial charge in [0.1, 0.15) is 5.82 Å². The highest BCUT2D eigenvalue weighted by Crippen LogP contribution is 2.19. The van der Waals surface area contributed by atoms with Crippen LogP contribution in [0.5, 0.6) is 0 Å². The standard InChI is InChI=1S/C16H21ClFNO4/c1-23-9-8-19(15(20)4-2-3-5-16(21)22)11-12-6-7-13(18)10-14(12)17/h6-7,10H,2-5,8-9,11H2,1H3,(H,21,22). The number of unbranched alkanes of at least 4 members (excludes halogenated alkanes) is 1. The normalized spacial score (nSPS) is 10.6. The number of ether oxygens (including phenoxy) is 1. The van der Waals surface area contributed by atoms with E-state index >= 15 is 0 Å². The quantitative estimate of drug-likeness (QED) is 0.662. The van der Waals surface area contributed by atoms with E-state index in [0.29, 0.717) is 31.6 Å². The maximum Gasteiger partial charge on any atom is 0.303 e. The molecule has 0 spiro atoms. The average molecular weight is 346 g/mol. The summed E-state index contributed by atoms with van der Waals surface area (Å²) in [6.45, 7) is 1.03. The molecule has 0 radical (unpaired) electrons. The molecule has 0 aliphatic rings. The van der Waals surface area contributed by atoms with Gasteiger partial charge in [0.15, 0.2) is 0 Å². The number of aliphatic carboxylic acids is 1. The van der Waals surface area contributed by atoms with E-state index in [1.54, 1.807) is 18.1 Å². The van der Waals surface area contributed by atoms with Gasteiger partial charge in [-0.05, 0) is 30.5 Å². The zero-order valence-electron chi connectivity index (χ0n) is 13.1. The van der Waals surface area contributed by atoms with Crippen molar-refractivity contribution in [2.75, 3.05) is 20.3 Å². The fourth-order valence-electron chi connectivity index (χ4n) is 2.06. The van der Waals surface area contributed by atoms with Crippen molar-refractivity contribution in [1.82, 2.24) is 4.90 Å². The summed E-state index contributed by atoms with van der Waals surface area (Å²) < 4.78 is 18.1. The number of carboxylic acid groups (broad SMARTS) is 1. The molecule has 23 heavy (non-hydrogen) atoms. The molecule has 1 aromatic rings. The molecular formula is C16H21ClFNO4. The maximum atomic E-state index is 13.1. The van der Waals surface area contributed by atoms with Crippen molar-refractivity contribution in [2.45, 2.75) is 32.2 Å². The van der Waals surface area contributed by atoms with E-state index < -0.39 is 11.8 Å². The van der Waals surface area contributed by atoms with Crippen molar-refractivity contribution in [1.29, 1.82) is 0 Å². The zero-order chi connectivity index (χ0) is 17.2. The molecule has 0 atom stereocenters. The van der Waals surface area contributed by atoms with Crippen molar-refractivity contribution >= 4 is 23.5 Å². The van der Waals surface area contributed by atoms with Gasteiger partial charge in [-0.2, -0.15) is 0 Å². The van der Waals surface area contributed by atoms with E-state index in [4.69, 9.17) is 21.4 Å². The summed E-state index contributed by atoms with van der Waals surface area (Å²) >= 11 is 6.00. The second-order valence-electron chi connectivity index (χ2n) is 5.14. The van der Waals surface area contributed by atoms with Crippen molar-refractivity contribution in [3.63, 3.8) is 0 Å². The molecule has 1 rings (SSSR count). The molecular weight excluding hydrogens is 325 g/mol. The highest BCUT2D eigenvalue weighted by molar-refractivity contribution is 6.31. The Labute approximate surface area is 140 Å². The van der Waals surface area contributed by atoms with Gasteiger partial charge in [-0.25, -0.2) is 4.39 Å². The predicted molar refractivity (Wildman–Crippen MR) is 84.8 cm³/mol. The van der Waals surface area contributed by atoms with E-state index in [1.807, 2.05) is 0 Å². The van der Waals surface area contributed by atoms with E-state index in [9.17, 15) is 14.0 Å². The van der Waals surface area contributed by atoms with Crippen LogP contribution in [0.15, 0.2) is 18.2 Å². The number of halogens is 2. The first-order valence-corrected chi connectivity index (χ1v) is 7.74. The lowest BCUT2D eigenvalue weighted by molar-refractivity contribution is -0.137. The van der Waals surface area contributed by atoms with Crippen molar-refractivity contribution in [2.24, 2.45) is 0 Å². The number of hydrogen-bond acceptors (Lipinski definition) is 3. The lowest BCUT2D eigenvalue weighted by Crippen LogP contribution is -2.33. The Bertz CT molecular complexity index is 539. The van der Waals surface area contributed by atoms with Crippen LogP contribution in [0.3, 0.4) is 0 Å². The van der Waals surface area contributed by atoms with E-state index in [0.717, 1.165) is 0 Å². The Hall–Kier alpha value is -1.66. The number of methoxy groups -OCH3 is 1. The number of amides is 1. The SMILES string of the molecule is COCCN(Cc1ccc(F)cc1Cl)C(=O)CCCCC(=O)O. The molecule has 0 unspecified atom stereocenters. The van der Waals surface area contributed by atoms with Crippen LogP contribution in [-0.2, 0) is 20.9 Å². The smallest absolute Gasteiger partial charge is 0.303 e. The monoisotopic (exact) mass is 345 g/mol. The molecule has 1 amide bonds. The van der Waals surface area contributed by atoms with E-state index in [1.165, 1.54) is 12.1 Å². The zero-order valence-corrected chi connectivity index (χ0v) is 13.8. The first kappa shape index (κ1) is 19.4. The Balaban J connectivity index is 2.63. The van der Waals surface area contributed by atoms with Gasteiger partial charge < -0.3 is 14.7 Å². The van der Waals surface area contributed by atoms with Gasteiger partial charge in [0, 0.05) is 38.1 Å². The second kappa shape index (κ2) is 10.2. The van der Waals surface area contributed by atoms with Crippen LogP contribution in [0, 0.1) is 5.82 Å². The van der Waals surface area contributed by atoms with Crippen LogP contribution in [0.1, 0.15) is 31.2 Å². The van der Waals surface area contributed by atoms with Gasteiger partial charge in [-0.1, -0.05) is 17.7 Å². The van der Waals surface area contributed by atoms with Gasteiger partial charge in [0.25, 0.3) is 0 Å². The molecule has 0 heterocycles. The summed E-state index contributed by atoms with van der Waals surface area (Å²) in [6.07, 6.45) is 1.27. The van der Waals surface area contributed by atoms with Crippen molar-refractivity contribution < 1.29 is 23.8 Å². The molecule has 128 valence electrons. The number of nitrogens with zero attached hydrogens (tertiary/aromatic N) is 1. The third-order valence-corrected chi connectivity index (χ3v) is 3.68. The highest BCUT2D eigenvalue weighted by Gasteiger charge is 2.15. The third kappa shape index (κ3) is 7.43. The number of carbonyl (C=O) groups is 2. The average Bonchev–Trinajstić information content (AvgIpc) is 2.49. The Kier molecular flexibility index (Phi) is 8.58. The number of carboxylic acids is 1. The summed E-state index contributed by atoms with van der Waals surface area (Å²) in [4.78, 5) is 24.3. The summed E-state index contributed by atoms with van der Waals surface area (Å²) in [6, 6.07) is 4.06. The van der Waals surface area contributed by atoms with Crippen LogP contribution in [0.25, 0.3) is 0 Å². The number of benzene rings is 1. The van der Waals surface area contributed by atoms with Crippen LogP contribution < -0.4 is 0 Å². The minimum absolute atomic E-state index is 0.0507. The van der Waals surface area contributed by atoms with Crippen LogP contribution in [-0.4, -0.2) is 42.1 Å². The van der Waals surface area contributed by atoms with Crippen molar-refractivity contribution in [3.8, 4) is 0 Å². The topological polar surface area (TPSA) is 66.8 Å². The first-order chi connectivity index (χ1) is 10.9. The molecule has 0 fully saturated rings. The summed E-state index contributed by atoms with van der Waals surface area (Å²) in [5, 5.41) is 8.86. The molecule has 0 aliphatic heterocycles. The Morgan fingerprint density at radius 2 is 2.00 bits per heavy atom. The molecule has 7 heteroatoms. The molecule has 0 saturated heterocycles. The van der Waals surface area contributed by atoms with E-state index in [-0.39, 0.29) is 30.3 Å². The van der Waals surface area contributed by atoms with Crippen LogP contribution in [0.4, 0.5) is 4.39 Å². The Morgan fingerprint density at radius 3 is 2.61 bits per heavy atom. The predicted octanol–water partition coefficient (Wildman–Crippen LogP) is 3.10. The van der Waals surface area contributed by atoms with Crippen LogP contribution >= 0.6 is 11.6 Å². The minimum atomic E-state index is -0.869. The fraction of sp³-hybridized carbons (Fsp3) is 0.500. The van der Waals surface area contributed by atoms with E-state index in [2.05, 4.69) is 0 Å². The van der Waals surface area contributed by atoms with Crippen LogP contribution in [0.2, 0.25) is 5.02 Å². The first-order valence-electron chi connectivity index (χ1n) is 7.36. The molecule has 1 aromatic carbocycles. The fourth-order valence-corrected chi connectivity index (χ4v) is 2.29. The van der Waals surface area contributed by atoms with Gasteiger partial charge in [-0.15, -0.1) is 0 Å².